The van der Waals surface area contributed by atoms with Crippen LogP contribution in [0.3, 0.4) is 0 Å². The van der Waals surface area contributed by atoms with E-state index in [9.17, 15) is 15.0 Å². The Balaban J connectivity index is 3.42. The number of aliphatic hydroxyl groups excluding tert-OH is 2. The molecule has 0 radical (unpaired) electrons. The van der Waals surface area contributed by atoms with Crippen LogP contribution in [0.5, 0.6) is 0 Å². The summed E-state index contributed by atoms with van der Waals surface area (Å²) in [5, 5.41) is 23.3. The van der Waals surface area contributed by atoms with Gasteiger partial charge in [-0.3, -0.25) is 4.79 Å². The van der Waals surface area contributed by atoms with Gasteiger partial charge in [-0.15, -0.1) is 0 Å². The molecule has 1 amide bonds. The third kappa shape index (κ3) is 65.4. The van der Waals surface area contributed by atoms with E-state index in [-0.39, 0.29) is 12.5 Å². The first kappa shape index (κ1) is 76.6. The monoisotopic (exact) mass is 1090 g/mol. The van der Waals surface area contributed by atoms with Gasteiger partial charge in [0.05, 0.1) is 18.8 Å². The number of aliphatic hydroxyl groups is 2. The van der Waals surface area contributed by atoms with Crippen molar-refractivity contribution in [3.05, 3.63) is 36.5 Å². The lowest BCUT2D eigenvalue weighted by molar-refractivity contribution is -0.123. The molecule has 0 spiro atoms. The van der Waals surface area contributed by atoms with Crippen LogP contribution in [0.15, 0.2) is 36.5 Å². The highest BCUT2D eigenvalue weighted by Gasteiger charge is 2.18. The molecule has 4 nitrogen and oxygen atoms in total. The normalized spacial score (nSPS) is 12.8. The number of amides is 1. The Labute approximate surface area is 491 Å². The Morgan fingerprint density at radius 2 is 0.500 bits per heavy atom. The summed E-state index contributed by atoms with van der Waals surface area (Å²) >= 11 is 0. The first-order chi connectivity index (χ1) is 38.7. The van der Waals surface area contributed by atoms with E-state index in [4.69, 9.17) is 0 Å². The molecule has 0 aromatic carbocycles. The van der Waals surface area contributed by atoms with Gasteiger partial charge in [0.25, 0.3) is 0 Å². The van der Waals surface area contributed by atoms with Crippen LogP contribution in [0.4, 0.5) is 0 Å². The van der Waals surface area contributed by atoms with E-state index in [1.54, 1.807) is 6.08 Å². The van der Waals surface area contributed by atoms with Crippen LogP contribution in [0.1, 0.15) is 412 Å². The summed E-state index contributed by atoms with van der Waals surface area (Å²) in [5.74, 6) is -0.0692. The van der Waals surface area contributed by atoms with Gasteiger partial charge in [0, 0.05) is 6.42 Å². The molecule has 2 atom stereocenters. The number of hydrogen-bond acceptors (Lipinski definition) is 3. The largest absolute Gasteiger partial charge is 0.394 e. The summed E-state index contributed by atoms with van der Waals surface area (Å²) in [7, 11) is 0. The fourth-order valence-corrected chi connectivity index (χ4v) is 11.6. The zero-order valence-electron chi connectivity index (χ0n) is 53.5. The quantitative estimate of drug-likeness (QED) is 0.0420. The lowest BCUT2D eigenvalue weighted by Crippen LogP contribution is -2.45. The number of nitrogens with one attached hydrogen (secondary N) is 1. The predicted octanol–water partition coefficient (Wildman–Crippen LogP) is 24.7. The van der Waals surface area contributed by atoms with Crippen molar-refractivity contribution in [1.29, 1.82) is 0 Å². The number of hydrogen-bond donors (Lipinski definition) is 3. The van der Waals surface area contributed by atoms with Crippen molar-refractivity contribution in [3.8, 4) is 0 Å². The van der Waals surface area contributed by atoms with Gasteiger partial charge in [-0.05, 0) is 44.9 Å². The molecular formula is C74H143NO3. The first-order valence-electron chi connectivity index (χ1n) is 36.2. The maximum absolute atomic E-state index is 12.5. The number of carbonyl (C=O) groups is 1. The van der Waals surface area contributed by atoms with E-state index in [0.29, 0.717) is 6.42 Å². The van der Waals surface area contributed by atoms with Crippen molar-refractivity contribution in [2.45, 2.75) is 424 Å². The van der Waals surface area contributed by atoms with Crippen molar-refractivity contribution >= 4 is 5.91 Å². The molecule has 4 heteroatoms. The predicted molar refractivity (Wildman–Crippen MR) is 350 cm³/mol. The summed E-state index contributed by atoms with van der Waals surface area (Å²) in [6, 6.07) is -0.646. The highest BCUT2D eigenvalue weighted by Crippen LogP contribution is 2.19. The topological polar surface area (TPSA) is 69.6 Å². The summed E-state index contributed by atoms with van der Waals surface area (Å²) < 4.78 is 0. The molecule has 3 N–H and O–H groups in total. The molecule has 78 heavy (non-hydrogen) atoms. The zero-order chi connectivity index (χ0) is 56.2. The van der Waals surface area contributed by atoms with Crippen molar-refractivity contribution in [3.63, 3.8) is 0 Å². The summed E-state index contributed by atoms with van der Waals surface area (Å²) in [6.45, 7) is 4.35. The van der Waals surface area contributed by atoms with Crippen molar-refractivity contribution in [2.24, 2.45) is 0 Å². The third-order valence-electron chi connectivity index (χ3n) is 17.1. The van der Waals surface area contributed by atoms with E-state index < -0.39 is 12.1 Å². The van der Waals surface area contributed by atoms with E-state index >= 15 is 0 Å². The van der Waals surface area contributed by atoms with Crippen LogP contribution >= 0.6 is 0 Å². The lowest BCUT2D eigenvalue weighted by atomic mass is 10.0. The minimum atomic E-state index is -0.870. The molecule has 0 aliphatic carbocycles. The van der Waals surface area contributed by atoms with Gasteiger partial charge in [-0.2, -0.15) is 0 Å². The molecule has 0 saturated carbocycles. The van der Waals surface area contributed by atoms with E-state index in [1.807, 2.05) is 6.08 Å². The Morgan fingerprint density at radius 3 is 0.744 bits per heavy atom. The van der Waals surface area contributed by atoms with E-state index in [1.165, 1.54) is 353 Å². The van der Waals surface area contributed by atoms with Gasteiger partial charge in [0.15, 0.2) is 0 Å². The van der Waals surface area contributed by atoms with Gasteiger partial charge in [-0.25, -0.2) is 0 Å². The maximum Gasteiger partial charge on any atom is 0.220 e. The van der Waals surface area contributed by atoms with Crippen LogP contribution in [0, 0.1) is 0 Å². The fourth-order valence-electron chi connectivity index (χ4n) is 11.6. The number of unbranched alkanes of at least 4 members (excludes halogenated alkanes) is 57. The second-order valence-corrected chi connectivity index (χ2v) is 25.0. The molecule has 0 fully saturated rings. The van der Waals surface area contributed by atoms with Crippen molar-refractivity contribution in [1.82, 2.24) is 5.32 Å². The van der Waals surface area contributed by atoms with Gasteiger partial charge in [-0.1, -0.05) is 397 Å². The number of rotatable bonds is 68. The second-order valence-electron chi connectivity index (χ2n) is 25.0. The fraction of sp³-hybridized carbons (Fsp3) is 0.905. The van der Waals surface area contributed by atoms with Crippen LogP contribution in [-0.2, 0) is 4.79 Å². The molecular weight excluding hydrogens is 951 g/mol. The summed E-state index contributed by atoms with van der Waals surface area (Å²) in [6.07, 6.45) is 96.9. The molecule has 0 saturated heterocycles. The third-order valence-corrected chi connectivity index (χ3v) is 17.1. The minimum Gasteiger partial charge on any atom is -0.394 e. The SMILES string of the molecule is CCCCCCCCCCCCCCCCCCC/C=C/CC/C=C/CC/C=C/C(O)C(CO)NC(=O)CCCCCCCCCCCCCCCCCCCCCCCCCCCCCCCCCCCCCCCCC. The highest BCUT2D eigenvalue weighted by atomic mass is 16.3. The van der Waals surface area contributed by atoms with Gasteiger partial charge < -0.3 is 15.5 Å². The molecule has 462 valence electrons. The Kier molecular flexibility index (Phi) is 68.6. The van der Waals surface area contributed by atoms with Crippen molar-refractivity contribution in [2.75, 3.05) is 6.61 Å². The number of carbonyl (C=O) groups excluding carboxylic acids is 1. The van der Waals surface area contributed by atoms with Crippen LogP contribution in [-0.4, -0.2) is 34.9 Å². The Morgan fingerprint density at radius 1 is 0.295 bits per heavy atom. The molecule has 0 aromatic heterocycles. The molecule has 0 bridgehead atoms. The van der Waals surface area contributed by atoms with Crippen LogP contribution in [0.25, 0.3) is 0 Å². The molecule has 2 unspecified atom stereocenters. The van der Waals surface area contributed by atoms with Gasteiger partial charge >= 0.3 is 0 Å². The van der Waals surface area contributed by atoms with Crippen molar-refractivity contribution < 1.29 is 15.0 Å². The lowest BCUT2D eigenvalue weighted by Gasteiger charge is -2.19. The second kappa shape index (κ2) is 69.9. The Hall–Kier alpha value is -1.39. The Bertz CT molecular complexity index is 1190. The standard InChI is InChI=1S/C74H143NO3/c1-3-5-7-9-11-13-15-17-19-21-23-25-27-29-31-32-33-34-35-36-37-38-39-40-41-42-44-46-48-50-52-54-56-58-60-62-64-66-68-70-74(78)75-72(71-76)73(77)69-67-65-63-61-59-57-55-53-51-49-47-45-43-30-28-26-24-22-20-18-16-14-12-10-8-6-4-2/h51,53,59,61,67,69,72-73,76-77H,3-50,52,54-58,60,62-66,68,70-71H2,1-2H3,(H,75,78)/b53-51+,61-59+,69-67+. The number of allylic oxidation sites excluding steroid dienone is 5. The summed E-state index contributed by atoms with van der Waals surface area (Å²) in [4.78, 5) is 12.5. The van der Waals surface area contributed by atoms with E-state index in [0.717, 1.165) is 38.5 Å². The molecule has 0 aromatic rings. The van der Waals surface area contributed by atoms with Crippen LogP contribution in [0.2, 0.25) is 0 Å². The van der Waals surface area contributed by atoms with Gasteiger partial charge in [0.1, 0.15) is 0 Å². The smallest absolute Gasteiger partial charge is 0.220 e. The van der Waals surface area contributed by atoms with Crippen LogP contribution < -0.4 is 5.32 Å². The van der Waals surface area contributed by atoms with E-state index in [2.05, 4.69) is 43.5 Å². The molecule has 0 heterocycles. The maximum atomic E-state index is 12.5. The average molecular weight is 1090 g/mol. The zero-order valence-corrected chi connectivity index (χ0v) is 53.5. The van der Waals surface area contributed by atoms with Gasteiger partial charge in [0.2, 0.25) is 5.91 Å². The molecule has 0 aliphatic heterocycles. The first-order valence-corrected chi connectivity index (χ1v) is 36.2. The highest BCUT2D eigenvalue weighted by molar-refractivity contribution is 5.76. The summed E-state index contributed by atoms with van der Waals surface area (Å²) in [5.41, 5.74) is 0. The minimum absolute atomic E-state index is 0.0692. The average Bonchev–Trinajstić information content (AvgIpc) is 3.44. The molecule has 0 aliphatic rings. The molecule has 0 rings (SSSR count).